The van der Waals surface area contributed by atoms with Crippen molar-refractivity contribution < 1.29 is 14.4 Å². The van der Waals surface area contributed by atoms with E-state index in [4.69, 9.17) is 11.0 Å². The summed E-state index contributed by atoms with van der Waals surface area (Å²) in [4.78, 5) is 42.5. The minimum atomic E-state index is -0.684. The Morgan fingerprint density at radius 3 is 2.42 bits per heavy atom. The van der Waals surface area contributed by atoms with Crippen molar-refractivity contribution >= 4 is 40.1 Å². The number of nitrogens with two attached hydrogens (primary N) is 1. The van der Waals surface area contributed by atoms with Crippen LogP contribution in [0.3, 0.4) is 0 Å². The number of amides is 3. The Bertz CT molecular complexity index is 1260. The maximum Gasteiger partial charge on any atom is 0.256 e. The van der Waals surface area contributed by atoms with Crippen LogP contribution < -0.4 is 16.0 Å². The molecule has 0 spiro atoms. The van der Waals surface area contributed by atoms with Crippen LogP contribution in [0.5, 0.6) is 0 Å². The Kier molecular flexibility index (Phi) is 6.13. The van der Waals surface area contributed by atoms with E-state index < -0.39 is 11.8 Å². The molecule has 0 bridgehead atoms. The van der Waals surface area contributed by atoms with Crippen molar-refractivity contribution in [1.29, 1.82) is 5.26 Å². The summed E-state index contributed by atoms with van der Waals surface area (Å²) >= 11 is 0. The molecule has 1 aliphatic carbocycles. The molecule has 0 atom stereocenters. The van der Waals surface area contributed by atoms with Crippen molar-refractivity contribution in [2.45, 2.75) is 32.1 Å². The summed E-state index contributed by atoms with van der Waals surface area (Å²) in [5.41, 5.74) is 7.83. The summed E-state index contributed by atoms with van der Waals surface area (Å²) in [6, 6.07) is 13.4. The summed E-state index contributed by atoms with van der Waals surface area (Å²) in [7, 11) is 1.75. The fraction of sp³-hybridized carbons (Fsp3) is 0.280. The molecule has 0 unspecified atom stereocenters. The van der Waals surface area contributed by atoms with Gasteiger partial charge in [0.2, 0.25) is 5.91 Å². The van der Waals surface area contributed by atoms with Crippen LogP contribution in [0, 0.1) is 17.2 Å². The molecule has 8 heteroatoms. The zero-order chi connectivity index (χ0) is 23.5. The predicted octanol–water partition coefficient (Wildman–Crippen LogP) is 3.93. The minimum absolute atomic E-state index is 0.0338. The number of hydrogen-bond donors (Lipinski definition) is 3. The Morgan fingerprint density at radius 2 is 1.79 bits per heavy atom. The van der Waals surface area contributed by atoms with Gasteiger partial charge in [0, 0.05) is 35.1 Å². The lowest BCUT2D eigenvalue weighted by atomic mass is 9.88. The van der Waals surface area contributed by atoms with Gasteiger partial charge in [-0.3, -0.25) is 14.4 Å². The Morgan fingerprint density at radius 1 is 1.09 bits per heavy atom. The van der Waals surface area contributed by atoms with Crippen molar-refractivity contribution in [2.24, 2.45) is 11.7 Å². The van der Waals surface area contributed by atoms with Gasteiger partial charge >= 0.3 is 0 Å². The molecule has 4 rings (SSSR count). The molecule has 33 heavy (non-hydrogen) atoms. The van der Waals surface area contributed by atoms with Crippen LogP contribution in [-0.2, 0) is 4.79 Å². The molecule has 0 aliphatic heterocycles. The Balaban J connectivity index is 1.62. The van der Waals surface area contributed by atoms with Gasteiger partial charge in [-0.1, -0.05) is 19.3 Å². The van der Waals surface area contributed by atoms with E-state index >= 15 is 0 Å². The lowest BCUT2D eigenvalue weighted by Gasteiger charge is -2.26. The monoisotopic (exact) mass is 443 g/mol. The standard InChI is InChI=1S/C25H25N5O3/c1-30(25(33)17-5-3-2-4-6-17)18-11-12-19-20(13-18)28-23(21(19)22(27)31)29-24(32)16-9-7-15(14-26)8-10-16/h7-13,17,28H,2-6H2,1H3,(H2,27,31)(H,29,32). The number of nitriles is 1. The lowest BCUT2D eigenvalue weighted by Crippen LogP contribution is -2.33. The molecule has 4 N–H and O–H groups in total. The second-order valence-electron chi connectivity index (χ2n) is 8.34. The molecular formula is C25H25N5O3. The van der Waals surface area contributed by atoms with Crippen molar-refractivity contribution in [3.05, 3.63) is 59.2 Å². The molecule has 3 aromatic rings. The van der Waals surface area contributed by atoms with Gasteiger partial charge in [0.1, 0.15) is 5.82 Å². The second-order valence-corrected chi connectivity index (χ2v) is 8.34. The van der Waals surface area contributed by atoms with Gasteiger partial charge in [0.15, 0.2) is 0 Å². The number of carbonyl (C=O) groups excluding carboxylic acids is 3. The average molecular weight is 444 g/mol. The molecule has 1 aliphatic rings. The molecule has 0 saturated heterocycles. The van der Waals surface area contributed by atoms with Crippen LogP contribution in [0.15, 0.2) is 42.5 Å². The minimum Gasteiger partial charge on any atom is -0.365 e. The average Bonchev–Trinajstić information content (AvgIpc) is 3.20. The smallest absolute Gasteiger partial charge is 0.256 e. The van der Waals surface area contributed by atoms with Crippen molar-refractivity contribution in [1.82, 2.24) is 4.98 Å². The van der Waals surface area contributed by atoms with Crippen molar-refractivity contribution in [3.63, 3.8) is 0 Å². The molecule has 3 amide bonds. The number of fused-ring (bicyclic) bond motifs is 1. The van der Waals surface area contributed by atoms with E-state index in [1.165, 1.54) is 18.6 Å². The molecule has 1 aromatic heterocycles. The number of aromatic amines is 1. The van der Waals surface area contributed by atoms with E-state index in [1.807, 2.05) is 6.07 Å². The van der Waals surface area contributed by atoms with Gasteiger partial charge < -0.3 is 20.9 Å². The van der Waals surface area contributed by atoms with Gasteiger partial charge in [-0.15, -0.1) is 0 Å². The molecule has 8 nitrogen and oxygen atoms in total. The van der Waals surface area contributed by atoms with Crippen molar-refractivity contribution in [2.75, 3.05) is 17.3 Å². The summed E-state index contributed by atoms with van der Waals surface area (Å²) in [6.07, 6.45) is 5.14. The quantitative estimate of drug-likeness (QED) is 0.551. The van der Waals surface area contributed by atoms with E-state index in [9.17, 15) is 14.4 Å². The van der Waals surface area contributed by atoms with Gasteiger partial charge in [-0.2, -0.15) is 5.26 Å². The first-order valence-electron chi connectivity index (χ1n) is 10.9. The highest BCUT2D eigenvalue weighted by atomic mass is 16.2. The number of primary amides is 1. The van der Waals surface area contributed by atoms with E-state index in [1.54, 1.807) is 42.3 Å². The molecule has 168 valence electrons. The molecule has 1 heterocycles. The first-order chi connectivity index (χ1) is 15.9. The SMILES string of the molecule is CN(C(=O)C1CCCCC1)c1ccc2c(C(N)=O)c(NC(=O)c3ccc(C#N)cc3)[nH]c2c1. The number of aromatic nitrogens is 1. The van der Waals surface area contributed by atoms with Gasteiger partial charge in [0.25, 0.3) is 11.8 Å². The summed E-state index contributed by atoms with van der Waals surface area (Å²) < 4.78 is 0. The van der Waals surface area contributed by atoms with E-state index in [0.717, 1.165) is 25.7 Å². The zero-order valence-electron chi connectivity index (χ0n) is 18.4. The van der Waals surface area contributed by atoms with Crippen LogP contribution >= 0.6 is 0 Å². The van der Waals surface area contributed by atoms with Crippen LogP contribution in [0.25, 0.3) is 10.9 Å². The van der Waals surface area contributed by atoms with Crippen LogP contribution in [0.1, 0.15) is 58.4 Å². The topological polar surface area (TPSA) is 132 Å². The highest BCUT2D eigenvalue weighted by Crippen LogP contribution is 2.31. The maximum absolute atomic E-state index is 12.9. The number of hydrogen-bond acceptors (Lipinski definition) is 4. The number of nitrogens with zero attached hydrogens (tertiary/aromatic N) is 2. The number of benzene rings is 2. The third-order valence-corrected chi connectivity index (χ3v) is 6.22. The fourth-order valence-corrected chi connectivity index (χ4v) is 4.38. The molecule has 1 saturated carbocycles. The van der Waals surface area contributed by atoms with Crippen molar-refractivity contribution in [3.8, 4) is 6.07 Å². The Hall–Kier alpha value is -4.12. The molecule has 0 radical (unpaired) electrons. The fourth-order valence-electron chi connectivity index (χ4n) is 4.38. The third-order valence-electron chi connectivity index (χ3n) is 6.22. The number of anilines is 2. The predicted molar refractivity (Wildman–Crippen MR) is 126 cm³/mol. The summed E-state index contributed by atoms with van der Waals surface area (Å²) in [5, 5.41) is 12.2. The summed E-state index contributed by atoms with van der Waals surface area (Å²) in [5.74, 6) is -0.823. The molecule has 2 aromatic carbocycles. The summed E-state index contributed by atoms with van der Waals surface area (Å²) in [6.45, 7) is 0. The normalized spacial score (nSPS) is 13.9. The van der Waals surface area contributed by atoms with Gasteiger partial charge in [0.05, 0.1) is 17.2 Å². The second kappa shape index (κ2) is 9.17. The highest BCUT2D eigenvalue weighted by molar-refractivity contribution is 6.15. The number of rotatable bonds is 5. The van der Waals surface area contributed by atoms with Crippen LogP contribution in [0.2, 0.25) is 0 Å². The van der Waals surface area contributed by atoms with Crippen LogP contribution in [-0.4, -0.2) is 29.8 Å². The zero-order valence-corrected chi connectivity index (χ0v) is 18.4. The first kappa shape index (κ1) is 22.1. The van der Waals surface area contributed by atoms with Gasteiger partial charge in [-0.25, -0.2) is 0 Å². The van der Waals surface area contributed by atoms with E-state index in [0.29, 0.717) is 27.7 Å². The van der Waals surface area contributed by atoms with E-state index in [-0.39, 0.29) is 23.2 Å². The molecular weight excluding hydrogens is 418 g/mol. The van der Waals surface area contributed by atoms with E-state index in [2.05, 4.69) is 10.3 Å². The number of carbonyl (C=O) groups is 3. The number of nitrogens with one attached hydrogen (secondary N) is 2. The highest BCUT2D eigenvalue weighted by Gasteiger charge is 2.26. The van der Waals surface area contributed by atoms with Crippen LogP contribution in [0.4, 0.5) is 11.5 Å². The maximum atomic E-state index is 12.9. The number of H-pyrrole nitrogens is 1. The lowest BCUT2D eigenvalue weighted by molar-refractivity contribution is -0.123. The van der Waals surface area contributed by atoms with Gasteiger partial charge in [-0.05, 0) is 55.3 Å². The third kappa shape index (κ3) is 4.44. The molecule has 1 fully saturated rings. The largest absolute Gasteiger partial charge is 0.365 e. The first-order valence-corrected chi connectivity index (χ1v) is 10.9. The Labute approximate surface area is 191 Å².